The zero-order chi connectivity index (χ0) is 21.0. The number of amides is 1. The molecule has 0 radical (unpaired) electrons. The van der Waals surface area contributed by atoms with Gasteiger partial charge in [-0.25, -0.2) is 10.9 Å². The number of carbonyl (C=O) groups excluding carboxylic acids is 1. The molecule has 2 aromatic rings. The number of carbonyl (C=O) groups is 1. The average molecular weight is 470 g/mol. The summed E-state index contributed by atoms with van der Waals surface area (Å²) in [6, 6.07) is 12.3. The minimum absolute atomic E-state index is 0.0254. The molecule has 2 atom stereocenters. The van der Waals surface area contributed by atoms with Gasteiger partial charge in [0.2, 0.25) is 5.91 Å². The molecule has 2 unspecified atom stereocenters. The summed E-state index contributed by atoms with van der Waals surface area (Å²) in [4.78, 5) is 14.4. The fraction of sp³-hybridized carbons (Fsp3) is 0.350. The quantitative estimate of drug-likeness (QED) is 0.648. The van der Waals surface area contributed by atoms with Crippen molar-refractivity contribution in [2.24, 2.45) is 0 Å². The number of benzene rings is 2. The summed E-state index contributed by atoms with van der Waals surface area (Å²) in [5.74, 6) is 0.0584. The predicted molar refractivity (Wildman–Crippen MR) is 108 cm³/mol. The highest BCUT2D eigenvalue weighted by atomic mass is 79.9. The third-order valence-electron chi connectivity index (χ3n) is 4.71. The average Bonchev–Trinajstić information content (AvgIpc) is 3.18. The number of hydrazine groups is 1. The first kappa shape index (κ1) is 21.5. The molecule has 1 saturated heterocycles. The number of ether oxygens (including phenoxy) is 2. The number of nitrogens with one attached hydrogen (secondary N) is 2. The molecule has 0 spiro atoms. The normalized spacial score (nSPS) is 18.7. The maximum atomic E-state index is 12.8. The number of methoxy groups -OCH3 is 1. The maximum absolute atomic E-state index is 12.8. The zero-order valence-electron chi connectivity index (χ0n) is 16.0. The molecule has 29 heavy (non-hydrogen) atoms. The number of alkyl halides is 2. The molecule has 1 fully saturated rings. The van der Waals surface area contributed by atoms with Crippen molar-refractivity contribution in [2.75, 3.05) is 14.2 Å². The molecule has 3 rings (SSSR count). The molecule has 9 heteroatoms. The molecule has 2 N–H and O–H groups in total. The summed E-state index contributed by atoms with van der Waals surface area (Å²) < 4.78 is 35.7. The van der Waals surface area contributed by atoms with Crippen LogP contribution in [-0.2, 0) is 11.3 Å². The molecule has 0 aromatic heterocycles. The molecule has 6 nitrogen and oxygen atoms in total. The number of halogens is 3. The molecule has 1 aliphatic rings. The molecule has 2 aromatic carbocycles. The highest BCUT2D eigenvalue weighted by Gasteiger charge is 2.32. The molecule has 0 saturated carbocycles. The van der Waals surface area contributed by atoms with Gasteiger partial charge in [0.05, 0.1) is 7.11 Å². The third kappa shape index (κ3) is 5.43. The van der Waals surface area contributed by atoms with Crippen LogP contribution in [0, 0.1) is 0 Å². The number of hydrogen-bond acceptors (Lipinski definition) is 5. The Hall–Kier alpha value is -2.23. The SMILES string of the molecule is COc1ccc(CN(C)C(=O)C2CC(c3ccc(Br)cc3)NN2)cc1OC(F)F. The second-order valence-corrected chi connectivity index (χ2v) is 7.65. The van der Waals surface area contributed by atoms with Crippen LogP contribution in [0.3, 0.4) is 0 Å². The van der Waals surface area contributed by atoms with Crippen LogP contribution in [0.1, 0.15) is 23.6 Å². The van der Waals surface area contributed by atoms with Gasteiger partial charge in [-0.3, -0.25) is 4.79 Å². The van der Waals surface area contributed by atoms with Gasteiger partial charge in [-0.05, 0) is 41.8 Å². The fourth-order valence-corrected chi connectivity index (χ4v) is 3.52. The Morgan fingerprint density at radius 1 is 1.21 bits per heavy atom. The Morgan fingerprint density at radius 3 is 2.59 bits per heavy atom. The fourth-order valence-electron chi connectivity index (χ4n) is 3.26. The third-order valence-corrected chi connectivity index (χ3v) is 5.24. The summed E-state index contributed by atoms with van der Waals surface area (Å²) in [5.41, 5.74) is 7.95. The first-order valence-corrected chi connectivity index (χ1v) is 9.80. The summed E-state index contributed by atoms with van der Waals surface area (Å²) >= 11 is 3.41. The van der Waals surface area contributed by atoms with Gasteiger partial charge >= 0.3 is 6.61 Å². The van der Waals surface area contributed by atoms with E-state index in [1.807, 2.05) is 24.3 Å². The lowest BCUT2D eigenvalue weighted by molar-refractivity contribution is -0.132. The maximum Gasteiger partial charge on any atom is 0.387 e. The summed E-state index contributed by atoms with van der Waals surface area (Å²) in [6.07, 6.45) is 0.604. The van der Waals surface area contributed by atoms with Crippen molar-refractivity contribution in [1.29, 1.82) is 0 Å². The van der Waals surface area contributed by atoms with Crippen LogP contribution in [0.4, 0.5) is 8.78 Å². The van der Waals surface area contributed by atoms with E-state index in [0.29, 0.717) is 12.0 Å². The molecule has 0 bridgehead atoms. The molecular formula is C20H22BrF2N3O3. The second kappa shape index (κ2) is 9.51. The van der Waals surface area contributed by atoms with Gasteiger partial charge in [-0.2, -0.15) is 8.78 Å². The molecule has 1 amide bonds. The Bertz CT molecular complexity index is 851. The van der Waals surface area contributed by atoms with Crippen molar-refractivity contribution in [3.8, 4) is 11.5 Å². The van der Waals surface area contributed by atoms with Gasteiger partial charge in [-0.1, -0.05) is 34.1 Å². The number of nitrogens with zero attached hydrogens (tertiary/aromatic N) is 1. The molecule has 1 heterocycles. The highest BCUT2D eigenvalue weighted by molar-refractivity contribution is 9.10. The largest absolute Gasteiger partial charge is 0.493 e. The lowest BCUT2D eigenvalue weighted by Gasteiger charge is -2.21. The van der Waals surface area contributed by atoms with Crippen molar-refractivity contribution in [3.63, 3.8) is 0 Å². The van der Waals surface area contributed by atoms with Gasteiger partial charge in [0.15, 0.2) is 11.5 Å². The van der Waals surface area contributed by atoms with E-state index in [0.717, 1.165) is 10.0 Å². The van der Waals surface area contributed by atoms with E-state index < -0.39 is 6.61 Å². The van der Waals surface area contributed by atoms with Crippen LogP contribution < -0.4 is 20.3 Å². The summed E-state index contributed by atoms with van der Waals surface area (Å²) in [5, 5.41) is 0. The lowest BCUT2D eigenvalue weighted by Crippen LogP contribution is -2.43. The summed E-state index contributed by atoms with van der Waals surface area (Å²) in [6.45, 7) is -2.70. The van der Waals surface area contributed by atoms with Crippen LogP contribution in [-0.4, -0.2) is 37.6 Å². The van der Waals surface area contributed by atoms with Crippen molar-refractivity contribution in [1.82, 2.24) is 15.8 Å². The van der Waals surface area contributed by atoms with Crippen molar-refractivity contribution in [3.05, 3.63) is 58.1 Å². The second-order valence-electron chi connectivity index (χ2n) is 6.74. The van der Waals surface area contributed by atoms with Crippen molar-refractivity contribution < 1.29 is 23.0 Å². The first-order valence-electron chi connectivity index (χ1n) is 9.00. The van der Waals surface area contributed by atoms with Gasteiger partial charge in [0, 0.05) is 24.1 Å². The van der Waals surface area contributed by atoms with Crippen molar-refractivity contribution in [2.45, 2.75) is 31.7 Å². The van der Waals surface area contributed by atoms with E-state index >= 15 is 0 Å². The van der Waals surface area contributed by atoms with Crippen LogP contribution in [0.15, 0.2) is 46.9 Å². The lowest BCUT2D eigenvalue weighted by atomic mass is 10.0. The zero-order valence-corrected chi connectivity index (χ0v) is 17.6. The first-order chi connectivity index (χ1) is 13.9. The molecule has 0 aliphatic carbocycles. The standard InChI is InChI=1S/C20H22BrF2N3O3/c1-26(11-12-3-8-17(28-2)18(9-12)29-20(22)23)19(27)16-10-15(24-25-16)13-4-6-14(21)7-5-13/h3-9,15-16,20,24-25H,10-11H2,1-2H3. The molecule has 156 valence electrons. The Labute approximate surface area is 176 Å². The van der Waals surface area contributed by atoms with E-state index in [9.17, 15) is 13.6 Å². The smallest absolute Gasteiger partial charge is 0.387 e. The number of rotatable bonds is 7. The van der Waals surface area contributed by atoms with E-state index in [2.05, 4.69) is 31.5 Å². The van der Waals surface area contributed by atoms with E-state index in [1.165, 1.54) is 13.2 Å². The predicted octanol–water partition coefficient (Wildman–Crippen LogP) is 3.63. The summed E-state index contributed by atoms with van der Waals surface area (Å²) in [7, 11) is 3.05. The van der Waals surface area contributed by atoms with Gasteiger partial charge in [0.25, 0.3) is 0 Å². The van der Waals surface area contributed by atoms with Crippen LogP contribution in [0.25, 0.3) is 0 Å². The van der Waals surface area contributed by atoms with Crippen molar-refractivity contribution >= 4 is 21.8 Å². The molecular weight excluding hydrogens is 448 g/mol. The van der Waals surface area contributed by atoms with E-state index in [1.54, 1.807) is 24.1 Å². The number of likely N-dealkylation sites (N-methyl/N-ethyl adjacent to an activating group) is 1. The van der Waals surface area contributed by atoms with E-state index in [4.69, 9.17) is 4.74 Å². The number of hydrogen-bond donors (Lipinski definition) is 2. The van der Waals surface area contributed by atoms with Crippen LogP contribution >= 0.6 is 15.9 Å². The monoisotopic (exact) mass is 469 g/mol. The van der Waals surface area contributed by atoms with Crippen LogP contribution in [0.2, 0.25) is 0 Å². The topological polar surface area (TPSA) is 62.8 Å². The molecule has 1 aliphatic heterocycles. The van der Waals surface area contributed by atoms with Gasteiger partial charge < -0.3 is 14.4 Å². The minimum Gasteiger partial charge on any atom is -0.493 e. The van der Waals surface area contributed by atoms with Gasteiger partial charge in [-0.15, -0.1) is 0 Å². The van der Waals surface area contributed by atoms with E-state index in [-0.39, 0.29) is 36.0 Å². The highest BCUT2D eigenvalue weighted by Crippen LogP contribution is 2.30. The Balaban J connectivity index is 1.63. The Morgan fingerprint density at radius 2 is 1.93 bits per heavy atom. The Kier molecular flexibility index (Phi) is 7.05. The van der Waals surface area contributed by atoms with Gasteiger partial charge in [0.1, 0.15) is 6.04 Å². The minimum atomic E-state index is -2.96. The van der Waals surface area contributed by atoms with Crippen LogP contribution in [0.5, 0.6) is 11.5 Å².